The summed E-state index contributed by atoms with van der Waals surface area (Å²) in [4.78, 5) is 29.1. The highest BCUT2D eigenvalue weighted by Gasteiger charge is 2.33. The number of rotatable bonds is 7. The van der Waals surface area contributed by atoms with E-state index in [2.05, 4.69) is 4.57 Å². The Bertz CT molecular complexity index is 847. The summed E-state index contributed by atoms with van der Waals surface area (Å²) in [6.07, 6.45) is 1.99. The van der Waals surface area contributed by atoms with Gasteiger partial charge in [-0.05, 0) is 35.7 Å². The van der Waals surface area contributed by atoms with Crippen molar-refractivity contribution in [2.45, 2.75) is 26.4 Å². The maximum absolute atomic E-state index is 13.5. The van der Waals surface area contributed by atoms with Crippen molar-refractivity contribution in [3.05, 3.63) is 59.7 Å². The summed E-state index contributed by atoms with van der Waals surface area (Å²) in [6.45, 7) is 5.65. The Labute approximate surface area is 170 Å². The van der Waals surface area contributed by atoms with Crippen molar-refractivity contribution in [1.82, 2.24) is 14.4 Å². The normalized spacial score (nSPS) is 16.0. The average molecular weight is 401 g/mol. The number of halogens is 1. The molecule has 6 nitrogen and oxygen atoms in total. The van der Waals surface area contributed by atoms with E-state index in [-0.39, 0.29) is 42.7 Å². The molecule has 0 bridgehead atoms. The van der Waals surface area contributed by atoms with Crippen LogP contribution >= 0.6 is 0 Å². The Kier molecular flexibility index (Phi) is 6.69. The molecule has 0 fully saturated rings. The number of hydrogen-bond donors (Lipinski definition) is 0. The van der Waals surface area contributed by atoms with Crippen molar-refractivity contribution in [2.24, 2.45) is 5.92 Å². The van der Waals surface area contributed by atoms with E-state index in [1.165, 1.54) is 19.2 Å². The number of benzene rings is 1. The van der Waals surface area contributed by atoms with Gasteiger partial charge in [0.15, 0.2) is 0 Å². The lowest BCUT2D eigenvalue weighted by atomic mass is 9.99. The largest absolute Gasteiger partial charge is 0.375 e. The van der Waals surface area contributed by atoms with Crippen LogP contribution in [0.2, 0.25) is 0 Å². The number of fused-ring (bicyclic) bond motifs is 1. The quantitative estimate of drug-likeness (QED) is 0.717. The molecule has 2 heterocycles. The van der Waals surface area contributed by atoms with Crippen LogP contribution in [0.3, 0.4) is 0 Å². The highest BCUT2D eigenvalue weighted by atomic mass is 19.1. The third kappa shape index (κ3) is 4.85. The Hall–Kier alpha value is -2.67. The smallest absolute Gasteiger partial charge is 0.249 e. The van der Waals surface area contributed by atoms with E-state index < -0.39 is 0 Å². The van der Waals surface area contributed by atoms with Gasteiger partial charge in [0, 0.05) is 38.6 Å². The lowest BCUT2D eigenvalue weighted by Crippen LogP contribution is -2.49. The number of aromatic nitrogens is 1. The second-order valence-corrected chi connectivity index (χ2v) is 7.77. The van der Waals surface area contributed by atoms with Gasteiger partial charge in [0.2, 0.25) is 11.8 Å². The first-order valence-corrected chi connectivity index (χ1v) is 9.87. The SMILES string of the molecule is COCC(=O)N(CC(=O)N1CCn2cccc2[C@H]1c1ccc(F)cc1)CC(C)C. The van der Waals surface area contributed by atoms with E-state index in [0.29, 0.717) is 19.6 Å². The summed E-state index contributed by atoms with van der Waals surface area (Å²) in [5, 5.41) is 0. The van der Waals surface area contributed by atoms with Gasteiger partial charge in [-0.25, -0.2) is 4.39 Å². The summed E-state index contributed by atoms with van der Waals surface area (Å²) in [6, 6.07) is 9.86. The number of carbonyl (C=O) groups excluding carboxylic acids is 2. The van der Waals surface area contributed by atoms with Gasteiger partial charge in [0.25, 0.3) is 0 Å². The Morgan fingerprint density at radius 1 is 1.21 bits per heavy atom. The zero-order valence-corrected chi connectivity index (χ0v) is 17.2. The maximum atomic E-state index is 13.5. The molecule has 2 aromatic rings. The van der Waals surface area contributed by atoms with Gasteiger partial charge in [-0.1, -0.05) is 26.0 Å². The monoisotopic (exact) mass is 401 g/mol. The minimum absolute atomic E-state index is 0.00121. The Morgan fingerprint density at radius 3 is 2.59 bits per heavy atom. The highest BCUT2D eigenvalue weighted by Crippen LogP contribution is 2.32. The van der Waals surface area contributed by atoms with Crippen LogP contribution in [0.4, 0.5) is 4.39 Å². The van der Waals surface area contributed by atoms with Gasteiger partial charge >= 0.3 is 0 Å². The topological polar surface area (TPSA) is 54.8 Å². The number of nitrogens with zero attached hydrogens (tertiary/aromatic N) is 3. The van der Waals surface area contributed by atoms with Crippen LogP contribution in [0, 0.1) is 11.7 Å². The summed E-state index contributed by atoms with van der Waals surface area (Å²) < 4.78 is 20.5. The fraction of sp³-hybridized carbons (Fsp3) is 0.455. The minimum Gasteiger partial charge on any atom is -0.375 e. The molecule has 1 atom stereocenters. The number of amides is 2. The molecule has 1 aliphatic rings. The molecular formula is C22H28FN3O3. The molecule has 29 heavy (non-hydrogen) atoms. The van der Waals surface area contributed by atoms with Crippen molar-refractivity contribution in [1.29, 1.82) is 0 Å². The summed E-state index contributed by atoms with van der Waals surface area (Å²) in [5.74, 6) is -0.411. The molecule has 3 rings (SSSR count). The molecule has 0 saturated carbocycles. The Balaban J connectivity index is 1.87. The molecule has 0 spiro atoms. The van der Waals surface area contributed by atoms with Gasteiger partial charge in [0.1, 0.15) is 12.4 Å². The zero-order chi connectivity index (χ0) is 21.0. The van der Waals surface area contributed by atoms with Crippen molar-refractivity contribution in [2.75, 3.05) is 33.4 Å². The molecule has 0 unspecified atom stereocenters. The third-order valence-corrected chi connectivity index (χ3v) is 5.08. The van der Waals surface area contributed by atoms with E-state index in [4.69, 9.17) is 4.74 Å². The second kappa shape index (κ2) is 9.22. The molecule has 0 saturated heterocycles. The van der Waals surface area contributed by atoms with Crippen LogP contribution < -0.4 is 0 Å². The van der Waals surface area contributed by atoms with Crippen LogP contribution in [-0.4, -0.2) is 59.5 Å². The molecule has 2 amide bonds. The summed E-state index contributed by atoms with van der Waals surface area (Å²) >= 11 is 0. The van der Waals surface area contributed by atoms with Gasteiger partial charge in [-0.15, -0.1) is 0 Å². The third-order valence-electron chi connectivity index (χ3n) is 5.08. The van der Waals surface area contributed by atoms with Crippen LogP contribution in [0.1, 0.15) is 31.1 Å². The fourth-order valence-electron chi connectivity index (χ4n) is 3.81. The number of ether oxygens (including phenoxy) is 1. The molecular weight excluding hydrogens is 373 g/mol. The molecule has 1 aromatic heterocycles. The first-order chi connectivity index (χ1) is 13.9. The van der Waals surface area contributed by atoms with Crippen molar-refractivity contribution in [3.8, 4) is 0 Å². The molecule has 7 heteroatoms. The zero-order valence-electron chi connectivity index (χ0n) is 17.2. The van der Waals surface area contributed by atoms with E-state index in [0.717, 1.165) is 11.3 Å². The van der Waals surface area contributed by atoms with E-state index >= 15 is 0 Å². The summed E-state index contributed by atoms with van der Waals surface area (Å²) in [5.41, 5.74) is 1.83. The summed E-state index contributed by atoms with van der Waals surface area (Å²) in [7, 11) is 1.47. The molecule has 0 N–H and O–H groups in total. The minimum atomic E-state index is -0.315. The van der Waals surface area contributed by atoms with Crippen LogP contribution in [0.5, 0.6) is 0 Å². The van der Waals surface area contributed by atoms with Gasteiger partial charge in [-0.2, -0.15) is 0 Å². The standard InChI is InChI=1S/C22H28FN3O3/c1-16(2)13-25(21(28)15-29-3)14-20(27)26-12-11-24-10-4-5-19(24)22(26)17-6-8-18(23)9-7-17/h4-10,16,22H,11-15H2,1-3H3/t22-/m1/s1. The first kappa shape index (κ1) is 21.0. The highest BCUT2D eigenvalue weighted by molar-refractivity contribution is 5.86. The molecule has 1 aromatic carbocycles. The number of methoxy groups -OCH3 is 1. The lowest BCUT2D eigenvalue weighted by Gasteiger charge is -2.38. The number of hydrogen-bond acceptors (Lipinski definition) is 3. The average Bonchev–Trinajstić information content (AvgIpc) is 3.16. The predicted molar refractivity (Wildman–Crippen MR) is 108 cm³/mol. The van der Waals surface area contributed by atoms with E-state index in [1.807, 2.05) is 32.2 Å². The molecule has 0 aliphatic carbocycles. The fourth-order valence-corrected chi connectivity index (χ4v) is 3.81. The second-order valence-electron chi connectivity index (χ2n) is 7.77. The van der Waals surface area contributed by atoms with Crippen LogP contribution in [-0.2, 0) is 20.9 Å². The van der Waals surface area contributed by atoms with Gasteiger partial charge in [0.05, 0.1) is 12.6 Å². The number of carbonyl (C=O) groups is 2. The van der Waals surface area contributed by atoms with E-state index in [1.54, 1.807) is 21.9 Å². The lowest BCUT2D eigenvalue weighted by molar-refractivity contribution is -0.144. The van der Waals surface area contributed by atoms with Gasteiger partial charge < -0.3 is 19.1 Å². The molecule has 1 aliphatic heterocycles. The van der Waals surface area contributed by atoms with Crippen molar-refractivity contribution < 1.29 is 18.7 Å². The van der Waals surface area contributed by atoms with Gasteiger partial charge in [-0.3, -0.25) is 9.59 Å². The maximum Gasteiger partial charge on any atom is 0.249 e. The molecule has 156 valence electrons. The van der Waals surface area contributed by atoms with Crippen LogP contribution in [0.15, 0.2) is 42.6 Å². The van der Waals surface area contributed by atoms with E-state index in [9.17, 15) is 14.0 Å². The molecule has 0 radical (unpaired) electrons. The van der Waals surface area contributed by atoms with Crippen LogP contribution in [0.25, 0.3) is 0 Å². The van der Waals surface area contributed by atoms with Crippen molar-refractivity contribution in [3.63, 3.8) is 0 Å². The Morgan fingerprint density at radius 2 is 1.93 bits per heavy atom. The van der Waals surface area contributed by atoms with Crippen molar-refractivity contribution >= 4 is 11.8 Å². The predicted octanol–water partition coefficient (Wildman–Crippen LogP) is 2.69. The first-order valence-electron chi connectivity index (χ1n) is 9.87.